The van der Waals surface area contributed by atoms with Crippen LogP contribution in [0, 0.1) is 0 Å². The lowest BCUT2D eigenvalue weighted by atomic mass is 10.0. The SMILES string of the molecule is NC(=O)CC(NC(=O)C(N)Cc1c[nH]c2ccccc12)C(=O)N1CCCC1C(=O)NC(Cc1c[nH]c2ccccc12)C(=O)O. The number of carboxylic acids is 1. The Kier molecular flexibility index (Phi) is 8.95. The molecule has 2 aromatic carbocycles. The van der Waals surface area contributed by atoms with Crippen LogP contribution in [0.5, 0.6) is 0 Å². The highest BCUT2D eigenvalue weighted by Crippen LogP contribution is 2.22. The molecule has 3 heterocycles. The standard InChI is InChI=1S/C31H35N7O6/c32-21(12-17-15-34-22-8-3-1-6-19(17)22)28(40)36-24(14-27(33)39)30(42)38-11-5-10-26(38)29(41)37-25(31(43)44)13-18-16-35-23-9-4-2-7-20(18)23/h1-4,6-9,15-16,21,24-26,34-35H,5,10-14,32H2,(H2,33,39)(H,36,40)(H,37,41)(H,43,44). The Labute approximate surface area is 252 Å². The monoisotopic (exact) mass is 601 g/mol. The molecule has 5 rings (SSSR count). The molecule has 1 saturated heterocycles. The summed E-state index contributed by atoms with van der Waals surface area (Å²) < 4.78 is 0. The van der Waals surface area contributed by atoms with Crippen molar-refractivity contribution in [2.45, 2.75) is 56.3 Å². The Hall–Kier alpha value is -5.17. The van der Waals surface area contributed by atoms with Gasteiger partial charge in [-0.25, -0.2) is 4.79 Å². The van der Waals surface area contributed by atoms with E-state index in [0.717, 1.165) is 32.9 Å². The van der Waals surface area contributed by atoms with Gasteiger partial charge in [-0.3, -0.25) is 19.2 Å². The van der Waals surface area contributed by atoms with Gasteiger partial charge in [0, 0.05) is 47.2 Å². The van der Waals surface area contributed by atoms with Crippen molar-refractivity contribution in [2.75, 3.05) is 6.54 Å². The number of carboxylic acid groups (broad SMARTS) is 1. The lowest BCUT2D eigenvalue weighted by Crippen LogP contribution is -2.57. The van der Waals surface area contributed by atoms with Gasteiger partial charge in [0.05, 0.1) is 12.5 Å². The number of para-hydroxylation sites is 2. The number of nitrogens with two attached hydrogens (primary N) is 2. The van der Waals surface area contributed by atoms with E-state index in [2.05, 4.69) is 20.6 Å². The lowest BCUT2D eigenvalue weighted by molar-refractivity contribution is -0.145. The second kappa shape index (κ2) is 13.0. The Balaban J connectivity index is 1.26. The van der Waals surface area contributed by atoms with Crippen molar-refractivity contribution in [3.05, 3.63) is 72.1 Å². The molecule has 4 atom stereocenters. The molecule has 2 aromatic heterocycles. The van der Waals surface area contributed by atoms with E-state index < -0.39 is 60.2 Å². The van der Waals surface area contributed by atoms with Crippen molar-refractivity contribution >= 4 is 51.4 Å². The van der Waals surface area contributed by atoms with Crippen LogP contribution in [0.4, 0.5) is 0 Å². The molecule has 13 nitrogen and oxygen atoms in total. The number of amides is 4. The molecule has 9 N–H and O–H groups in total. The Morgan fingerprint density at radius 3 is 2.07 bits per heavy atom. The summed E-state index contributed by atoms with van der Waals surface area (Å²) in [5.74, 6) is -4.00. The van der Waals surface area contributed by atoms with Crippen molar-refractivity contribution < 1.29 is 29.1 Å². The number of hydrogen-bond donors (Lipinski definition) is 7. The van der Waals surface area contributed by atoms with Crippen LogP contribution in [0.1, 0.15) is 30.4 Å². The molecule has 44 heavy (non-hydrogen) atoms. The van der Waals surface area contributed by atoms with Crippen molar-refractivity contribution in [3.8, 4) is 0 Å². The first-order valence-electron chi connectivity index (χ1n) is 14.4. The van der Waals surface area contributed by atoms with E-state index in [1.807, 2.05) is 48.5 Å². The third-order valence-corrected chi connectivity index (χ3v) is 8.02. The molecule has 1 fully saturated rings. The number of H-pyrrole nitrogens is 2. The van der Waals surface area contributed by atoms with Crippen molar-refractivity contribution in [1.82, 2.24) is 25.5 Å². The number of aromatic amines is 2. The van der Waals surface area contributed by atoms with Crippen LogP contribution in [0.25, 0.3) is 21.8 Å². The maximum Gasteiger partial charge on any atom is 0.326 e. The second-order valence-corrected chi connectivity index (χ2v) is 11.1. The summed E-state index contributed by atoms with van der Waals surface area (Å²) in [6, 6.07) is 10.4. The van der Waals surface area contributed by atoms with Crippen LogP contribution in [0.3, 0.4) is 0 Å². The van der Waals surface area contributed by atoms with Gasteiger partial charge in [0.2, 0.25) is 23.6 Å². The van der Waals surface area contributed by atoms with E-state index in [9.17, 15) is 29.1 Å². The number of aromatic nitrogens is 2. The summed E-state index contributed by atoms with van der Waals surface area (Å²) >= 11 is 0. The fourth-order valence-corrected chi connectivity index (χ4v) is 5.80. The van der Waals surface area contributed by atoms with E-state index in [0.29, 0.717) is 6.42 Å². The highest BCUT2D eigenvalue weighted by molar-refractivity contribution is 5.97. The average Bonchev–Trinajstić information content (AvgIpc) is 3.75. The number of nitrogens with one attached hydrogen (secondary N) is 4. The Morgan fingerprint density at radius 1 is 0.886 bits per heavy atom. The summed E-state index contributed by atoms with van der Waals surface area (Å²) in [6.45, 7) is 0.184. The van der Waals surface area contributed by atoms with Crippen molar-refractivity contribution in [2.24, 2.45) is 11.5 Å². The van der Waals surface area contributed by atoms with Gasteiger partial charge in [0.1, 0.15) is 18.1 Å². The number of primary amides is 1. The van der Waals surface area contributed by atoms with Gasteiger partial charge in [0.15, 0.2) is 0 Å². The number of nitrogens with zero attached hydrogens (tertiary/aromatic N) is 1. The van der Waals surface area contributed by atoms with E-state index in [1.165, 1.54) is 4.90 Å². The predicted molar refractivity (Wildman–Crippen MR) is 162 cm³/mol. The molecule has 1 aliphatic heterocycles. The molecule has 0 bridgehead atoms. The van der Waals surface area contributed by atoms with Gasteiger partial charge < -0.3 is 42.1 Å². The molecule has 4 unspecified atom stereocenters. The van der Waals surface area contributed by atoms with Gasteiger partial charge in [-0.2, -0.15) is 0 Å². The van der Waals surface area contributed by atoms with E-state index in [1.54, 1.807) is 12.4 Å². The zero-order valence-electron chi connectivity index (χ0n) is 23.9. The van der Waals surface area contributed by atoms with Crippen LogP contribution in [0.2, 0.25) is 0 Å². The number of fused-ring (bicyclic) bond motifs is 2. The lowest BCUT2D eigenvalue weighted by Gasteiger charge is -2.29. The van der Waals surface area contributed by atoms with Crippen LogP contribution in [0.15, 0.2) is 60.9 Å². The third kappa shape index (κ3) is 6.57. The minimum atomic E-state index is -1.34. The molecule has 4 amide bonds. The fraction of sp³-hybridized carbons (Fsp3) is 0.323. The number of likely N-dealkylation sites (tertiary alicyclic amines) is 1. The Bertz CT molecular complexity index is 1710. The van der Waals surface area contributed by atoms with E-state index in [-0.39, 0.29) is 25.8 Å². The predicted octanol–water partition coefficient (Wildman–Crippen LogP) is 0.682. The Morgan fingerprint density at radius 2 is 1.48 bits per heavy atom. The minimum absolute atomic E-state index is 0.0282. The molecular weight excluding hydrogens is 566 g/mol. The molecule has 0 radical (unpaired) electrons. The van der Waals surface area contributed by atoms with Crippen LogP contribution in [-0.2, 0) is 36.8 Å². The van der Waals surface area contributed by atoms with Crippen molar-refractivity contribution in [3.63, 3.8) is 0 Å². The van der Waals surface area contributed by atoms with Gasteiger partial charge in [-0.05, 0) is 42.5 Å². The number of aliphatic carboxylic acids is 1. The maximum absolute atomic E-state index is 13.6. The van der Waals surface area contributed by atoms with Gasteiger partial charge >= 0.3 is 5.97 Å². The normalized spacial score (nSPS) is 16.8. The number of hydrogen-bond acceptors (Lipinski definition) is 6. The molecule has 4 aromatic rings. The number of carbonyl (C=O) groups is 5. The fourth-order valence-electron chi connectivity index (χ4n) is 5.80. The topological polar surface area (TPSA) is 216 Å². The largest absolute Gasteiger partial charge is 0.480 e. The summed E-state index contributed by atoms with van der Waals surface area (Å²) in [5.41, 5.74) is 14.9. The van der Waals surface area contributed by atoms with E-state index >= 15 is 0 Å². The first-order valence-corrected chi connectivity index (χ1v) is 14.4. The minimum Gasteiger partial charge on any atom is -0.480 e. The third-order valence-electron chi connectivity index (χ3n) is 8.02. The number of benzene rings is 2. The van der Waals surface area contributed by atoms with Gasteiger partial charge in [0.25, 0.3) is 0 Å². The molecule has 230 valence electrons. The summed E-state index contributed by atoms with van der Waals surface area (Å²) in [6.07, 6.45) is 3.94. The summed E-state index contributed by atoms with van der Waals surface area (Å²) in [4.78, 5) is 71.5. The van der Waals surface area contributed by atoms with Crippen LogP contribution in [-0.4, -0.2) is 80.3 Å². The zero-order valence-corrected chi connectivity index (χ0v) is 23.9. The highest BCUT2D eigenvalue weighted by atomic mass is 16.4. The number of rotatable bonds is 12. The number of carbonyl (C=O) groups excluding carboxylic acids is 4. The molecular formula is C31H35N7O6. The summed E-state index contributed by atoms with van der Waals surface area (Å²) in [7, 11) is 0. The quantitative estimate of drug-likeness (QED) is 0.123. The van der Waals surface area contributed by atoms with Crippen LogP contribution >= 0.6 is 0 Å². The molecule has 0 spiro atoms. The first kappa shape index (κ1) is 30.3. The highest BCUT2D eigenvalue weighted by Gasteiger charge is 2.39. The van der Waals surface area contributed by atoms with Crippen molar-refractivity contribution in [1.29, 1.82) is 0 Å². The molecule has 0 saturated carbocycles. The average molecular weight is 602 g/mol. The summed E-state index contributed by atoms with van der Waals surface area (Å²) in [5, 5.41) is 16.8. The zero-order chi connectivity index (χ0) is 31.4. The molecule has 13 heteroatoms. The van der Waals surface area contributed by atoms with E-state index in [4.69, 9.17) is 11.5 Å². The smallest absolute Gasteiger partial charge is 0.326 e. The van der Waals surface area contributed by atoms with Crippen LogP contribution < -0.4 is 22.1 Å². The molecule has 0 aliphatic carbocycles. The van der Waals surface area contributed by atoms with Gasteiger partial charge in [-0.15, -0.1) is 0 Å². The second-order valence-electron chi connectivity index (χ2n) is 11.1. The maximum atomic E-state index is 13.6. The first-order chi connectivity index (χ1) is 21.1. The molecule has 1 aliphatic rings. The van der Waals surface area contributed by atoms with Gasteiger partial charge in [-0.1, -0.05) is 36.4 Å².